The minimum atomic E-state index is -4.55. The Morgan fingerprint density at radius 1 is 1.25 bits per heavy atom. The lowest BCUT2D eigenvalue weighted by Gasteiger charge is -2.50. The Morgan fingerprint density at radius 2 is 1.71 bits per heavy atom. The van der Waals surface area contributed by atoms with E-state index >= 15 is 0 Å². The quantitative estimate of drug-likeness (QED) is 0.561. The van der Waals surface area contributed by atoms with E-state index in [0.29, 0.717) is 12.8 Å². The smallest absolute Gasteiger partial charge is 0.287 e. The van der Waals surface area contributed by atoms with Crippen LogP contribution in [-0.2, 0) is 4.57 Å². The zero-order valence-electron chi connectivity index (χ0n) is 13.0. The van der Waals surface area contributed by atoms with Gasteiger partial charge in [0.1, 0.15) is 0 Å². The Labute approximate surface area is 135 Å². The largest absolute Gasteiger partial charge is 0.692 e. The SMILES string of the molecule is CC1CCCC(C)(CC(F)(F)C(F)F)N1CC(F)(F)F.O=[P+](O)O. The zero-order valence-corrected chi connectivity index (χ0v) is 13.9. The number of halogens is 7. The minimum absolute atomic E-state index is 0.0513. The molecule has 0 amide bonds. The molecule has 0 aliphatic carbocycles. The van der Waals surface area contributed by atoms with Crippen LogP contribution < -0.4 is 0 Å². The van der Waals surface area contributed by atoms with E-state index in [1.54, 1.807) is 0 Å². The normalized spacial score (nSPS) is 26.1. The summed E-state index contributed by atoms with van der Waals surface area (Å²) in [5.41, 5.74) is -1.58. The van der Waals surface area contributed by atoms with E-state index in [9.17, 15) is 30.7 Å². The van der Waals surface area contributed by atoms with E-state index in [-0.39, 0.29) is 6.42 Å². The molecule has 1 saturated heterocycles. The summed E-state index contributed by atoms with van der Waals surface area (Å²) in [5, 5.41) is 0. The molecule has 1 fully saturated rings. The highest BCUT2D eigenvalue weighted by molar-refractivity contribution is 7.30. The summed E-state index contributed by atoms with van der Waals surface area (Å²) in [6.07, 6.45) is -8.75. The molecule has 0 aromatic carbocycles. The van der Waals surface area contributed by atoms with Gasteiger partial charge >= 0.3 is 26.8 Å². The Morgan fingerprint density at radius 3 is 2.08 bits per heavy atom. The molecule has 2 unspecified atom stereocenters. The van der Waals surface area contributed by atoms with E-state index < -0.39 is 51.3 Å². The number of nitrogens with zero attached hydrogens (tertiary/aromatic N) is 1. The van der Waals surface area contributed by atoms with Crippen LogP contribution in [0.1, 0.15) is 39.5 Å². The van der Waals surface area contributed by atoms with Crippen molar-refractivity contribution >= 4 is 8.25 Å². The van der Waals surface area contributed by atoms with Crippen LogP contribution in [0.5, 0.6) is 0 Å². The second kappa shape index (κ2) is 8.73. The maximum absolute atomic E-state index is 13.3. The molecule has 0 saturated carbocycles. The molecule has 12 heteroatoms. The van der Waals surface area contributed by atoms with Gasteiger partial charge in [0, 0.05) is 22.6 Å². The van der Waals surface area contributed by atoms with E-state index in [0.717, 1.165) is 4.90 Å². The van der Waals surface area contributed by atoms with Crippen LogP contribution in [0.3, 0.4) is 0 Å². The first-order valence-electron chi connectivity index (χ1n) is 6.95. The van der Waals surface area contributed by atoms with Gasteiger partial charge in [0.05, 0.1) is 6.54 Å². The molecule has 144 valence electrons. The molecule has 1 aliphatic heterocycles. The third-order valence-electron chi connectivity index (χ3n) is 3.85. The predicted molar refractivity (Wildman–Crippen MR) is 72.1 cm³/mol. The molecule has 1 aliphatic rings. The maximum atomic E-state index is 13.3. The van der Waals surface area contributed by atoms with Crippen LogP contribution in [0.4, 0.5) is 30.7 Å². The zero-order chi connectivity index (χ0) is 19.3. The van der Waals surface area contributed by atoms with Crippen LogP contribution >= 0.6 is 8.25 Å². The fourth-order valence-corrected chi connectivity index (χ4v) is 2.92. The molecule has 0 spiro atoms. The van der Waals surface area contributed by atoms with Crippen LogP contribution in [0, 0.1) is 0 Å². The third kappa shape index (κ3) is 8.04. The number of alkyl halides is 7. The number of hydrogen-bond donors (Lipinski definition) is 2. The van der Waals surface area contributed by atoms with E-state index in [4.69, 9.17) is 14.4 Å². The number of piperidine rings is 1. The first-order chi connectivity index (χ1) is 10.6. The molecule has 4 nitrogen and oxygen atoms in total. The summed E-state index contributed by atoms with van der Waals surface area (Å²) in [5.74, 6) is -4.28. The highest BCUT2D eigenvalue weighted by Gasteiger charge is 2.52. The summed E-state index contributed by atoms with van der Waals surface area (Å²) < 4.78 is 97.5. The van der Waals surface area contributed by atoms with Gasteiger partial charge in [-0.15, -0.1) is 9.79 Å². The van der Waals surface area contributed by atoms with Gasteiger partial charge in [0.2, 0.25) is 0 Å². The lowest BCUT2D eigenvalue weighted by atomic mass is 9.80. The van der Waals surface area contributed by atoms with Gasteiger partial charge < -0.3 is 0 Å². The van der Waals surface area contributed by atoms with E-state index in [1.807, 2.05) is 0 Å². The molecule has 0 radical (unpaired) electrons. The molecule has 1 rings (SSSR count). The van der Waals surface area contributed by atoms with Gasteiger partial charge in [0.25, 0.3) is 0 Å². The molecule has 0 aromatic rings. The third-order valence-corrected chi connectivity index (χ3v) is 3.85. The first kappa shape index (κ1) is 23.5. The van der Waals surface area contributed by atoms with Crippen molar-refractivity contribution in [2.75, 3.05) is 6.54 Å². The summed E-state index contributed by atoms with van der Waals surface area (Å²) in [6.45, 7) is 1.36. The molecule has 2 atom stereocenters. The number of likely N-dealkylation sites (tertiary alicyclic amines) is 1. The second-order valence-corrected chi connectivity index (χ2v) is 6.48. The summed E-state index contributed by atoms with van der Waals surface area (Å²) >= 11 is 0. The highest BCUT2D eigenvalue weighted by Crippen LogP contribution is 2.42. The van der Waals surface area contributed by atoms with Gasteiger partial charge in [-0.25, -0.2) is 17.6 Å². The van der Waals surface area contributed by atoms with Gasteiger partial charge in [-0.1, -0.05) is 6.42 Å². The Balaban J connectivity index is 0.00000118. The molecule has 0 bridgehead atoms. The van der Waals surface area contributed by atoms with Gasteiger partial charge in [0.15, 0.2) is 0 Å². The average Bonchev–Trinajstić information content (AvgIpc) is 2.31. The van der Waals surface area contributed by atoms with Crippen LogP contribution in [-0.4, -0.2) is 51.3 Å². The van der Waals surface area contributed by atoms with Crippen molar-refractivity contribution < 1.29 is 45.1 Å². The molecular formula is C12H20F7NO3P+. The Kier molecular flexibility index (Phi) is 8.55. The molecule has 0 aromatic heterocycles. The monoisotopic (exact) mass is 390 g/mol. The fourth-order valence-electron chi connectivity index (χ4n) is 2.92. The van der Waals surface area contributed by atoms with Crippen molar-refractivity contribution in [2.45, 2.75) is 69.6 Å². The number of rotatable bonds is 4. The molecule has 24 heavy (non-hydrogen) atoms. The van der Waals surface area contributed by atoms with Crippen molar-refractivity contribution in [3.05, 3.63) is 0 Å². The molecular weight excluding hydrogens is 370 g/mol. The Bertz CT molecular complexity index is 418. The predicted octanol–water partition coefficient (Wildman–Crippen LogP) is 4.10. The lowest BCUT2D eigenvalue weighted by Crippen LogP contribution is -2.59. The highest BCUT2D eigenvalue weighted by atomic mass is 31.1. The van der Waals surface area contributed by atoms with Crippen LogP contribution in [0.2, 0.25) is 0 Å². The van der Waals surface area contributed by atoms with E-state index in [1.165, 1.54) is 13.8 Å². The van der Waals surface area contributed by atoms with Crippen molar-refractivity contribution in [2.24, 2.45) is 0 Å². The standard InChI is InChI=1S/C12H18F7N.HO3P/c1-8-4-3-5-10(2,6-11(15,16)9(13)14)20(8)7-12(17,18)19;1-4(2)3/h8-9H,3-7H2,1-2H3;(H-,1,2,3)/p+1. The maximum Gasteiger partial charge on any atom is 0.692 e. The van der Waals surface area contributed by atoms with Crippen molar-refractivity contribution in [3.8, 4) is 0 Å². The van der Waals surface area contributed by atoms with Crippen LogP contribution in [0.25, 0.3) is 0 Å². The topological polar surface area (TPSA) is 60.8 Å². The minimum Gasteiger partial charge on any atom is -0.287 e. The lowest BCUT2D eigenvalue weighted by molar-refractivity contribution is -0.195. The summed E-state index contributed by atoms with van der Waals surface area (Å²) in [7, 11) is -2.87. The molecule has 1 heterocycles. The van der Waals surface area contributed by atoms with E-state index in [2.05, 4.69) is 0 Å². The molecule has 2 N–H and O–H groups in total. The van der Waals surface area contributed by atoms with Crippen LogP contribution in [0.15, 0.2) is 0 Å². The Hall–Kier alpha value is -0.510. The van der Waals surface area contributed by atoms with Gasteiger partial charge in [-0.2, -0.15) is 13.2 Å². The second-order valence-electron chi connectivity index (χ2n) is 5.97. The summed E-state index contributed by atoms with van der Waals surface area (Å²) in [4.78, 5) is 15.1. The van der Waals surface area contributed by atoms with Gasteiger partial charge in [-0.05, 0) is 26.7 Å². The van der Waals surface area contributed by atoms with Crippen molar-refractivity contribution in [3.63, 3.8) is 0 Å². The van der Waals surface area contributed by atoms with Gasteiger partial charge in [-0.3, -0.25) is 4.90 Å². The first-order valence-corrected chi connectivity index (χ1v) is 8.12. The van der Waals surface area contributed by atoms with Crippen molar-refractivity contribution in [1.82, 2.24) is 4.90 Å². The average molecular weight is 390 g/mol. The number of hydrogen-bond acceptors (Lipinski definition) is 2. The fraction of sp³-hybridized carbons (Fsp3) is 1.00. The van der Waals surface area contributed by atoms with Crippen molar-refractivity contribution in [1.29, 1.82) is 0 Å². The summed E-state index contributed by atoms with van der Waals surface area (Å²) in [6, 6.07) is -0.566.